The van der Waals surface area contributed by atoms with E-state index in [1.165, 1.54) is 12.1 Å². The molecular formula is C24H24ClFN4OS. The van der Waals surface area contributed by atoms with Crippen LogP contribution in [-0.2, 0) is 0 Å². The zero-order valence-electron chi connectivity index (χ0n) is 18.1. The van der Waals surface area contributed by atoms with Crippen molar-refractivity contribution in [2.45, 2.75) is 33.2 Å². The summed E-state index contributed by atoms with van der Waals surface area (Å²) in [5.41, 5.74) is 3.31. The fourth-order valence-electron chi connectivity index (χ4n) is 3.70. The maximum atomic E-state index is 13.7. The van der Waals surface area contributed by atoms with Crippen LogP contribution in [0.15, 0.2) is 58.8 Å². The predicted molar refractivity (Wildman–Crippen MR) is 128 cm³/mol. The van der Waals surface area contributed by atoms with Crippen LogP contribution in [0.4, 0.5) is 4.39 Å². The van der Waals surface area contributed by atoms with Gasteiger partial charge < -0.3 is 14.7 Å². The standard InChI is InChI=1S/C24H24ClFN4OS/c1-14(2)11-12-30-15(3)20(21(27-24(30)32)16-7-9-18(25)10-8-16)23-28-22(29-31-23)17-5-4-6-19(26)13-17/h4-10,13-14,21H,11-12H2,1-3H3,(H,27,32). The Labute approximate surface area is 197 Å². The van der Waals surface area contributed by atoms with Gasteiger partial charge in [-0.05, 0) is 61.3 Å². The van der Waals surface area contributed by atoms with E-state index in [2.05, 4.69) is 34.2 Å². The first kappa shape index (κ1) is 22.4. The van der Waals surface area contributed by atoms with Crippen molar-refractivity contribution >= 4 is 34.5 Å². The van der Waals surface area contributed by atoms with Crippen LogP contribution in [0.25, 0.3) is 17.0 Å². The number of thiocarbonyl (C=S) groups is 1. The summed E-state index contributed by atoms with van der Waals surface area (Å²) in [7, 11) is 0. The molecule has 1 N–H and O–H groups in total. The summed E-state index contributed by atoms with van der Waals surface area (Å²) < 4.78 is 19.4. The minimum absolute atomic E-state index is 0.282. The summed E-state index contributed by atoms with van der Waals surface area (Å²) in [4.78, 5) is 6.68. The molecule has 1 unspecified atom stereocenters. The van der Waals surface area contributed by atoms with E-state index in [9.17, 15) is 4.39 Å². The van der Waals surface area contributed by atoms with E-state index in [1.54, 1.807) is 12.1 Å². The summed E-state index contributed by atoms with van der Waals surface area (Å²) >= 11 is 11.8. The molecule has 0 saturated carbocycles. The molecule has 2 heterocycles. The lowest BCUT2D eigenvalue weighted by molar-refractivity contribution is 0.390. The number of aromatic nitrogens is 2. The Kier molecular flexibility index (Phi) is 6.58. The van der Waals surface area contributed by atoms with E-state index in [-0.39, 0.29) is 11.9 Å². The average molecular weight is 471 g/mol. The molecule has 1 aromatic heterocycles. The van der Waals surface area contributed by atoms with E-state index in [1.807, 2.05) is 31.2 Å². The first-order valence-corrected chi connectivity index (χ1v) is 11.3. The van der Waals surface area contributed by atoms with Crippen LogP contribution >= 0.6 is 23.8 Å². The van der Waals surface area contributed by atoms with Gasteiger partial charge in [0.1, 0.15) is 5.82 Å². The van der Waals surface area contributed by atoms with Gasteiger partial charge in [-0.2, -0.15) is 4.98 Å². The summed E-state index contributed by atoms with van der Waals surface area (Å²) in [6.07, 6.45) is 0.983. The zero-order valence-corrected chi connectivity index (χ0v) is 19.7. The van der Waals surface area contributed by atoms with Crippen LogP contribution in [0.2, 0.25) is 5.02 Å². The molecule has 1 aliphatic rings. The van der Waals surface area contributed by atoms with Gasteiger partial charge in [-0.3, -0.25) is 0 Å². The molecule has 0 radical (unpaired) electrons. The monoisotopic (exact) mass is 470 g/mol. The van der Waals surface area contributed by atoms with Crippen molar-refractivity contribution in [3.05, 3.63) is 76.5 Å². The van der Waals surface area contributed by atoms with Gasteiger partial charge in [0.25, 0.3) is 5.89 Å². The Morgan fingerprint density at radius 3 is 2.66 bits per heavy atom. The third-order valence-electron chi connectivity index (χ3n) is 5.47. The zero-order chi connectivity index (χ0) is 22.8. The lowest BCUT2D eigenvalue weighted by Gasteiger charge is -2.37. The summed E-state index contributed by atoms with van der Waals surface area (Å²) in [6.45, 7) is 7.15. The van der Waals surface area contributed by atoms with Crippen LogP contribution < -0.4 is 5.32 Å². The lowest BCUT2D eigenvalue weighted by atomic mass is 9.94. The van der Waals surface area contributed by atoms with Crippen molar-refractivity contribution in [2.24, 2.45) is 5.92 Å². The summed E-state index contributed by atoms with van der Waals surface area (Å²) in [5, 5.41) is 8.84. The third-order valence-corrected chi connectivity index (χ3v) is 6.06. The van der Waals surface area contributed by atoms with Crippen LogP contribution in [0.1, 0.15) is 44.7 Å². The van der Waals surface area contributed by atoms with Crippen LogP contribution in [-0.4, -0.2) is 26.7 Å². The van der Waals surface area contributed by atoms with Crippen LogP contribution in [0.5, 0.6) is 0 Å². The highest BCUT2D eigenvalue weighted by Gasteiger charge is 2.34. The molecule has 0 fully saturated rings. The van der Waals surface area contributed by atoms with E-state index >= 15 is 0 Å². The molecule has 0 spiro atoms. The lowest BCUT2D eigenvalue weighted by Crippen LogP contribution is -2.46. The van der Waals surface area contributed by atoms with Crippen molar-refractivity contribution in [1.29, 1.82) is 0 Å². The molecule has 8 heteroatoms. The highest BCUT2D eigenvalue weighted by atomic mass is 35.5. The normalized spacial score (nSPS) is 16.6. The first-order chi connectivity index (χ1) is 15.3. The molecule has 0 amide bonds. The van der Waals surface area contributed by atoms with Gasteiger partial charge in [0.15, 0.2) is 5.11 Å². The molecule has 0 aliphatic carbocycles. The number of hydrogen-bond donors (Lipinski definition) is 1. The van der Waals surface area contributed by atoms with Gasteiger partial charge >= 0.3 is 0 Å². The van der Waals surface area contributed by atoms with Gasteiger partial charge in [0.05, 0.1) is 11.6 Å². The first-order valence-electron chi connectivity index (χ1n) is 10.5. The van der Waals surface area contributed by atoms with Gasteiger partial charge in [-0.25, -0.2) is 4.39 Å². The second kappa shape index (κ2) is 9.38. The fraction of sp³-hybridized carbons (Fsp3) is 0.292. The average Bonchev–Trinajstić information content (AvgIpc) is 3.23. The molecule has 0 bridgehead atoms. The van der Waals surface area contributed by atoms with Crippen molar-refractivity contribution in [3.63, 3.8) is 0 Å². The molecule has 5 nitrogen and oxygen atoms in total. The number of benzene rings is 2. The van der Waals surface area contributed by atoms with E-state index in [4.69, 9.17) is 28.3 Å². The van der Waals surface area contributed by atoms with Crippen molar-refractivity contribution in [1.82, 2.24) is 20.4 Å². The second-order valence-electron chi connectivity index (χ2n) is 8.20. The van der Waals surface area contributed by atoms with Crippen molar-refractivity contribution < 1.29 is 8.91 Å². The highest BCUT2D eigenvalue weighted by molar-refractivity contribution is 7.80. The molecule has 0 saturated heterocycles. The summed E-state index contributed by atoms with van der Waals surface area (Å²) in [5.74, 6) is 0.877. The molecule has 1 aliphatic heterocycles. The van der Waals surface area contributed by atoms with Crippen LogP contribution in [0, 0.1) is 11.7 Å². The van der Waals surface area contributed by atoms with Crippen LogP contribution in [0.3, 0.4) is 0 Å². The minimum atomic E-state index is -0.354. The number of allylic oxidation sites excluding steroid dienone is 1. The van der Waals surface area contributed by atoms with Gasteiger partial charge in [-0.15, -0.1) is 0 Å². The molecule has 166 valence electrons. The Bertz CT molecular complexity index is 1160. The Hall–Kier alpha value is -2.77. The molecule has 1 atom stereocenters. The highest BCUT2D eigenvalue weighted by Crippen LogP contribution is 2.38. The maximum Gasteiger partial charge on any atom is 0.258 e. The quantitative estimate of drug-likeness (QED) is 0.430. The maximum absolute atomic E-state index is 13.7. The number of nitrogens with one attached hydrogen (secondary N) is 1. The fourth-order valence-corrected chi connectivity index (χ4v) is 4.17. The minimum Gasteiger partial charge on any atom is -0.351 e. The molecule has 2 aromatic carbocycles. The predicted octanol–water partition coefficient (Wildman–Crippen LogP) is 6.24. The molecule has 32 heavy (non-hydrogen) atoms. The molecule has 3 aromatic rings. The van der Waals surface area contributed by atoms with E-state index < -0.39 is 0 Å². The van der Waals surface area contributed by atoms with Gasteiger partial charge in [-0.1, -0.05) is 54.9 Å². The Balaban J connectivity index is 1.79. The number of hydrogen-bond acceptors (Lipinski definition) is 4. The number of halogens is 2. The largest absolute Gasteiger partial charge is 0.351 e. The number of rotatable bonds is 6. The second-order valence-corrected chi connectivity index (χ2v) is 9.02. The van der Waals surface area contributed by atoms with Gasteiger partial charge in [0.2, 0.25) is 5.82 Å². The molecule has 4 rings (SSSR count). The Morgan fingerprint density at radius 2 is 1.97 bits per heavy atom. The third kappa shape index (κ3) is 4.69. The van der Waals surface area contributed by atoms with Gasteiger partial charge in [0, 0.05) is 22.8 Å². The number of nitrogens with zero attached hydrogens (tertiary/aromatic N) is 3. The molecular weight excluding hydrogens is 447 g/mol. The smallest absolute Gasteiger partial charge is 0.258 e. The van der Waals surface area contributed by atoms with Crippen molar-refractivity contribution in [2.75, 3.05) is 6.54 Å². The van der Waals surface area contributed by atoms with Crippen molar-refractivity contribution in [3.8, 4) is 11.4 Å². The van der Waals surface area contributed by atoms with E-state index in [0.717, 1.165) is 29.8 Å². The topological polar surface area (TPSA) is 54.2 Å². The van der Waals surface area contributed by atoms with E-state index in [0.29, 0.717) is 33.3 Å². The Morgan fingerprint density at radius 1 is 1.22 bits per heavy atom. The summed E-state index contributed by atoms with van der Waals surface area (Å²) in [6, 6.07) is 13.4. The SMILES string of the molecule is CC1=C(c2nc(-c3cccc(F)c3)no2)C(c2ccc(Cl)cc2)NC(=S)N1CCC(C)C.